The largest absolute Gasteiger partial charge is 0.491 e. The van der Waals surface area contributed by atoms with Crippen LogP contribution in [0.2, 0.25) is 0 Å². The van der Waals surface area contributed by atoms with Crippen LogP contribution >= 0.6 is 0 Å². The number of hydrogen-bond donors (Lipinski definition) is 1. The Bertz CT molecular complexity index is 851. The lowest BCUT2D eigenvalue weighted by Gasteiger charge is -2.27. The van der Waals surface area contributed by atoms with Crippen molar-refractivity contribution in [3.05, 3.63) is 64.7 Å². The zero-order valence-corrected chi connectivity index (χ0v) is 16.2. The molecular formula is C22H25F2NO3. The third kappa shape index (κ3) is 4.50. The van der Waals surface area contributed by atoms with Gasteiger partial charge < -0.3 is 14.7 Å². The summed E-state index contributed by atoms with van der Waals surface area (Å²) >= 11 is 0. The Hall–Kier alpha value is -2.47. The fourth-order valence-corrected chi connectivity index (χ4v) is 3.41. The zero-order valence-electron chi connectivity index (χ0n) is 16.2. The molecule has 0 bridgehead atoms. The van der Waals surface area contributed by atoms with Gasteiger partial charge >= 0.3 is 0 Å². The average molecular weight is 389 g/mol. The summed E-state index contributed by atoms with van der Waals surface area (Å²) in [6.45, 7) is 4.65. The van der Waals surface area contributed by atoms with Gasteiger partial charge in [-0.2, -0.15) is 0 Å². The molecule has 0 saturated carbocycles. The molecule has 1 amide bonds. The molecule has 1 atom stereocenters. The predicted octanol–water partition coefficient (Wildman–Crippen LogP) is 4.02. The molecule has 1 fully saturated rings. The molecule has 1 saturated heterocycles. The summed E-state index contributed by atoms with van der Waals surface area (Å²) in [6.07, 6.45) is 1.25. The topological polar surface area (TPSA) is 49.8 Å². The second-order valence-corrected chi connectivity index (χ2v) is 7.50. The normalized spacial score (nSPS) is 20.0. The molecule has 0 spiro atoms. The van der Waals surface area contributed by atoms with E-state index in [4.69, 9.17) is 4.74 Å². The summed E-state index contributed by atoms with van der Waals surface area (Å²) in [7, 11) is 0. The SMILES string of the molecule is Cc1ccc(OCC2(O)CCCN(C(=O)c3c(F)cccc3F)CC2)cc1C. The first-order valence-electron chi connectivity index (χ1n) is 9.45. The van der Waals surface area contributed by atoms with Gasteiger partial charge in [0.15, 0.2) is 0 Å². The van der Waals surface area contributed by atoms with Crippen molar-refractivity contribution in [1.82, 2.24) is 4.90 Å². The molecule has 1 aliphatic rings. The molecule has 4 nitrogen and oxygen atoms in total. The lowest BCUT2D eigenvalue weighted by atomic mass is 9.96. The maximum Gasteiger partial charge on any atom is 0.259 e. The van der Waals surface area contributed by atoms with E-state index in [1.807, 2.05) is 32.0 Å². The van der Waals surface area contributed by atoms with E-state index in [-0.39, 0.29) is 19.6 Å². The maximum absolute atomic E-state index is 13.9. The van der Waals surface area contributed by atoms with Crippen molar-refractivity contribution in [1.29, 1.82) is 0 Å². The molecule has 2 aromatic carbocycles. The number of hydrogen-bond acceptors (Lipinski definition) is 3. The van der Waals surface area contributed by atoms with E-state index < -0.39 is 28.7 Å². The van der Waals surface area contributed by atoms with Crippen molar-refractivity contribution >= 4 is 5.91 Å². The number of nitrogens with zero attached hydrogens (tertiary/aromatic N) is 1. The predicted molar refractivity (Wildman–Crippen MR) is 102 cm³/mol. The fraction of sp³-hybridized carbons (Fsp3) is 0.409. The summed E-state index contributed by atoms with van der Waals surface area (Å²) in [6, 6.07) is 9.12. The second kappa shape index (κ2) is 8.27. The van der Waals surface area contributed by atoms with Crippen LogP contribution in [0, 0.1) is 25.5 Å². The highest BCUT2D eigenvalue weighted by molar-refractivity contribution is 5.94. The van der Waals surface area contributed by atoms with Gasteiger partial charge in [-0.25, -0.2) is 8.78 Å². The number of carbonyl (C=O) groups is 1. The van der Waals surface area contributed by atoms with Crippen molar-refractivity contribution in [2.24, 2.45) is 0 Å². The van der Waals surface area contributed by atoms with E-state index >= 15 is 0 Å². The molecule has 3 rings (SSSR count). The van der Waals surface area contributed by atoms with Crippen LogP contribution in [0.25, 0.3) is 0 Å². The molecule has 0 aliphatic carbocycles. The molecule has 1 unspecified atom stereocenters. The Labute approximate surface area is 163 Å². The number of aliphatic hydroxyl groups is 1. The number of aryl methyl sites for hydroxylation is 2. The first-order chi connectivity index (χ1) is 13.3. The first kappa shape index (κ1) is 20.3. The van der Waals surface area contributed by atoms with Crippen LogP contribution < -0.4 is 4.74 Å². The summed E-state index contributed by atoms with van der Waals surface area (Å²) < 4.78 is 33.6. The van der Waals surface area contributed by atoms with Gasteiger partial charge in [-0.1, -0.05) is 12.1 Å². The van der Waals surface area contributed by atoms with Crippen LogP contribution in [0.1, 0.15) is 40.7 Å². The Morgan fingerprint density at radius 1 is 1.11 bits per heavy atom. The van der Waals surface area contributed by atoms with Crippen LogP contribution in [0.4, 0.5) is 8.78 Å². The molecule has 6 heteroatoms. The van der Waals surface area contributed by atoms with Gasteiger partial charge in [0, 0.05) is 13.1 Å². The highest BCUT2D eigenvalue weighted by atomic mass is 19.1. The van der Waals surface area contributed by atoms with Crippen molar-refractivity contribution < 1.29 is 23.4 Å². The van der Waals surface area contributed by atoms with Crippen LogP contribution in [0.5, 0.6) is 5.75 Å². The third-order valence-electron chi connectivity index (χ3n) is 5.37. The number of likely N-dealkylation sites (tertiary alicyclic amines) is 1. The fourth-order valence-electron chi connectivity index (χ4n) is 3.41. The first-order valence-corrected chi connectivity index (χ1v) is 9.45. The number of rotatable bonds is 4. The van der Waals surface area contributed by atoms with Gasteiger partial charge in [0.1, 0.15) is 35.2 Å². The van der Waals surface area contributed by atoms with Gasteiger partial charge in [-0.05, 0) is 68.5 Å². The Morgan fingerprint density at radius 3 is 2.50 bits per heavy atom. The van der Waals surface area contributed by atoms with Crippen molar-refractivity contribution in [2.45, 2.75) is 38.7 Å². The standard InChI is InChI=1S/C22H25F2NO3/c1-15-7-8-17(13-16(15)2)28-14-22(27)9-4-11-25(12-10-22)21(26)20-18(23)5-3-6-19(20)24/h3,5-8,13,27H,4,9-12,14H2,1-2H3. The average Bonchev–Trinajstić information content (AvgIpc) is 2.85. The molecule has 2 aromatic rings. The quantitative estimate of drug-likeness (QED) is 0.859. The van der Waals surface area contributed by atoms with Gasteiger partial charge in [0.25, 0.3) is 5.91 Å². The van der Waals surface area contributed by atoms with Crippen LogP contribution in [0.3, 0.4) is 0 Å². The minimum Gasteiger partial charge on any atom is -0.491 e. The molecular weight excluding hydrogens is 364 g/mol. The minimum atomic E-state index is -1.10. The number of benzene rings is 2. The van der Waals surface area contributed by atoms with Gasteiger partial charge in [-0.15, -0.1) is 0 Å². The molecule has 0 aromatic heterocycles. The molecule has 1 aliphatic heterocycles. The molecule has 0 radical (unpaired) electrons. The van der Waals surface area contributed by atoms with E-state index in [2.05, 4.69) is 0 Å². The van der Waals surface area contributed by atoms with E-state index in [0.717, 1.165) is 23.3 Å². The molecule has 28 heavy (non-hydrogen) atoms. The maximum atomic E-state index is 13.9. The highest BCUT2D eigenvalue weighted by Crippen LogP contribution is 2.26. The van der Waals surface area contributed by atoms with Crippen LogP contribution in [0.15, 0.2) is 36.4 Å². The van der Waals surface area contributed by atoms with Crippen molar-refractivity contribution in [3.63, 3.8) is 0 Å². The Balaban J connectivity index is 1.65. The van der Waals surface area contributed by atoms with Crippen LogP contribution in [-0.2, 0) is 0 Å². The van der Waals surface area contributed by atoms with Gasteiger partial charge in [0.2, 0.25) is 0 Å². The van der Waals surface area contributed by atoms with Crippen LogP contribution in [-0.4, -0.2) is 41.2 Å². The monoisotopic (exact) mass is 389 g/mol. The zero-order chi connectivity index (χ0) is 20.3. The summed E-state index contributed by atoms with van der Waals surface area (Å²) in [5.41, 5.74) is 0.630. The lowest BCUT2D eigenvalue weighted by Crippen LogP contribution is -2.38. The smallest absolute Gasteiger partial charge is 0.259 e. The number of amides is 1. The summed E-state index contributed by atoms with van der Waals surface area (Å²) in [4.78, 5) is 14.0. The van der Waals surface area contributed by atoms with Gasteiger partial charge in [-0.3, -0.25) is 4.79 Å². The van der Waals surface area contributed by atoms with E-state index in [1.54, 1.807) is 0 Å². The second-order valence-electron chi connectivity index (χ2n) is 7.50. The third-order valence-corrected chi connectivity index (χ3v) is 5.37. The Morgan fingerprint density at radius 2 is 1.82 bits per heavy atom. The van der Waals surface area contributed by atoms with E-state index in [1.165, 1.54) is 11.0 Å². The molecule has 1 heterocycles. The minimum absolute atomic E-state index is 0.103. The summed E-state index contributed by atoms with van der Waals surface area (Å²) in [5, 5.41) is 10.9. The number of ether oxygens (including phenoxy) is 1. The number of halogens is 2. The van der Waals surface area contributed by atoms with Crippen molar-refractivity contribution in [3.8, 4) is 5.75 Å². The van der Waals surface area contributed by atoms with Gasteiger partial charge in [0.05, 0.1) is 0 Å². The summed E-state index contributed by atoms with van der Waals surface area (Å²) in [5.74, 6) is -1.75. The Kier molecular flexibility index (Phi) is 5.98. The highest BCUT2D eigenvalue weighted by Gasteiger charge is 2.33. The van der Waals surface area contributed by atoms with E-state index in [0.29, 0.717) is 25.1 Å². The van der Waals surface area contributed by atoms with Crippen molar-refractivity contribution in [2.75, 3.05) is 19.7 Å². The van der Waals surface area contributed by atoms with E-state index in [9.17, 15) is 18.7 Å². The molecule has 1 N–H and O–H groups in total. The molecule has 150 valence electrons. The number of carbonyl (C=O) groups excluding carboxylic acids is 1. The lowest BCUT2D eigenvalue weighted by molar-refractivity contribution is -0.0163.